The van der Waals surface area contributed by atoms with E-state index in [4.69, 9.17) is 10.5 Å². The van der Waals surface area contributed by atoms with Gasteiger partial charge in [0, 0.05) is 54.7 Å². The van der Waals surface area contributed by atoms with Gasteiger partial charge in [-0.1, -0.05) is 32.0 Å². The third kappa shape index (κ3) is 6.42. The Kier molecular flexibility index (Phi) is 8.63. The predicted octanol–water partition coefficient (Wildman–Crippen LogP) is 4.18. The number of benzene rings is 1. The summed E-state index contributed by atoms with van der Waals surface area (Å²) in [6.07, 6.45) is 8.24. The van der Waals surface area contributed by atoms with Crippen molar-refractivity contribution in [2.24, 2.45) is 17.6 Å². The number of carbonyl (C=O) groups is 1. The molecule has 1 aromatic carbocycles. The van der Waals surface area contributed by atoms with E-state index in [1.165, 1.54) is 31.9 Å². The summed E-state index contributed by atoms with van der Waals surface area (Å²) in [6, 6.07) is 9.17. The van der Waals surface area contributed by atoms with Crippen molar-refractivity contribution in [3.63, 3.8) is 0 Å². The van der Waals surface area contributed by atoms with Gasteiger partial charge in [-0.05, 0) is 62.0 Å². The Bertz CT molecular complexity index is 1140. The summed E-state index contributed by atoms with van der Waals surface area (Å²) in [5, 5.41) is 1.04. The largest absolute Gasteiger partial charge is 0.449 e. The van der Waals surface area contributed by atoms with Crippen molar-refractivity contribution in [2.45, 2.75) is 77.4 Å². The molecule has 0 radical (unpaired) electrons. The van der Waals surface area contributed by atoms with E-state index >= 15 is 0 Å². The standard InChI is InChI=1S/C27H42N4O4S/c1-19(2)20-8-10-21(11-9-20)30-15-12-22(13-16-30)31-25-7-5-4-6-23(25)24(18-29-36(3,33)34)26(31)14-17-35-27(28)32/h4-7,19-22,29H,8-18H2,1-3H3,(H2,28,32). The lowest BCUT2D eigenvalue weighted by molar-refractivity contribution is 0.0887. The average Bonchev–Trinajstić information content (AvgIpc) is 3.15. The number of nitrogens with zero attached hydrogens (tertiary/aromatic N) is 2. The minimum atomic E-state index is -3.36. The van der Waals surface area contributed by atoms with Crippen molar-refractivity contribution in [1.82, 2.24) is 14.2 Å². The van der Waals surface area contributed by atoms with Crippen LogP contribution < -0.4 is 10.5 Å². The molecular weight excluding hydrogens is 476 g/mol. The molecule has 0 atom stereocenters. The topological polar surface area (TPSA) is 107 Å². The molecular formula is C27H42N4O4S. The van der Waals surface area contributed by atoms with Crippen LogP contribution in [0.3, 0.4) is 0 Å². The number of nitrogens with two attached hydrogens (primary N) is 1. The predicted molar refractivity (Wildman–Crippen MR) is 143 cm³/mol. The first-order chi connectivity index (χ1) is 17.1. The fourth-order valence-corrected chi connectivity index (χ4v) is 6.77. The number of sulfonamides is 1. The number of primary amides is 1. The van der Waals surface area contributed by atoms with E-state index in [0.717, 1.165) is 59.9 Å². The maximum Gasteiger partial charge on any atom is 0.404 e. The zero-order chi connectivity index (χ0) is 25.9. The number of carbonyl (C=O) groups excluding carboxylic acids is 1. The van der Waals surface area contributed by atoms with Crippen LogP contribution in [-0.2, 0) is 27.7 Å². The molecule has 1 saturated heterocycles. The van der Waals surface area contributed by atoms with Crippen LogP contribution in [0.1, 0.15) is 69.7 Å². The minimum Gasteiger partial charge on any atom is -0.449 e. The number of para-hydroxylation sites is 1. The van der Waals surface area contributed by atoms with Gasteiger partial charge in [-0.25, -0.2) is 17.9 Å². The van der Waals surface area contributed by atoms with Crippen LogP contribution in [0.5, 0.6) is 0 Å². The molecule has 9 heteroatoms. The maximum atomic E-state index is 11.9. The molecule has 1 aromatic heterocycles. The Hall–Kier alpha value is -2.10. The second-order valence-corrected chi connectivity index (χ2v) is 12.7. The zero-order valence-corrected chi connectivity index (χ0v) is 22.7. The van der Waals surface area contributed by atoms with Gasteiger partial charge >= 0.3 is 6.09 Å². The first-order valence-corrected chi connectivity index (χ1v) is 15.2. The van der Waals surface area contributed by atoms with E-state index in [9.17, 15) is 13.2 Å². The molecule has 1 amide bonds. The lowest BCUT2D eigenvalue weighted by Gasteiger charge is -2.42. The number of piperidine rings is 1. The van der Waals surface area contributed by atoms with Gasteiger partial charge in [0.05, 0.1) is 12.9 Å². The van der Waals surface area contributed by atoms with Gasteiger partial charge in [0.2, 0.25) is 10.0 Å². The highest BCUT2D eigenvalue weighted by Crippen LogP contribution is 2.37. The second-order valence-electron chi connectivity index (χ2n) is 10.9. The van der Waals surface area contributed by atoms with Crippen LogP contribution in [0.15, 0.2) is 24.3 Å². The molecule has 1 aliphatic carbocycles. The van der Waals surface area contributed by atoms with Gasteiger partial charge in [-0.15, -0.1) is 0 Å². The van der Waals surface area contributed by atoms with E-state index < -0.39 is 16.1 Å². The van der Waals surface area contributed by atoms with Crippen LogP contribution in [0.4, 0.5) is 4.79 Å². The Morgan fingerprint density at radius 2 is 1.75 bits per heavy atom. The smallest absolute Gasteiger partial charge is 0.404 e. The Labute approximate surface area is 215 Å². The Morgan fingerprint density at radius 3 is 2.36 bits per heavy atom. The molecule has 0 unspecified atom stereocenters. The zero-order valence-electron chi connectivity index (χ0n) is 21.9. The molecule has 3 N–H and O–H groups in total. The van der Waals surface area contributed by atoms with Crippen LogP contribution in [-0.4, -0.2) is 56.0 Å². The molecule has 2 aromatic rings. The number of rotatable bonds is 9. The lowest BCUT2D eigenvalue weighted by atomic mass is 9.79. The molecule has 0 bridgehead atoms. The van der Waals surface area contributed by atoms with Crippen molar-refractivity contribution in [1.29, 1.82) is 0 Å². The lowest BCUT2D eigenvalue weighted by Crippen LogP contribution is -2.44. The summed E-state index contributed by atoms with van der Waals surface area (Å²) in [5.41, 5.74) is 8.28. The summed E-state index contributed by atoms with van der Waals surface area (Å²) in [6.45, 7) is 7.21. The number of likely N-dealkylation sites (tertiary alicyclic amines) is 1. The molecule has 1 aliphatic heterocycles. The number of fused-ring (bicyclic) bond motifs is 1. The minimum absolute atomic E-state index is 0.162. The average molecular weight is 519 g/mol. The van der Waals surface area contributed by atoms with Gasteiger partial charge in [0.1, 0.15) is 0 Å². The Morgan fingerprint density at radius 1 is 1.08 bits per heavy atom. The third-order valence-corrected chi connectivity index (χ3v) is 8.96. The summed E-state index contributed by atoms with van der Waals surface area (Å²) in [4.78, 5) is 13.9. The van der Waals surface area contributed by atoms with Crippen molar-refractivity contribution < 1.29 is 17.9 Å². The second kappa shape index (κ2) is 11.5. The molecule has 2 fully saturated rings. The van der Waals surface area contributed by atoms with Crippen molar-refractivity contribution >= 4 is 27.0 Å². The maximum absolute atomic E-state index is 11.9. The number of amides is 1. The summed E-state index contributed by atoms with van der Waals surface area (Å²) in [5.74, 6) is 1.65. The quantitative estimate of drug-likeness (QED) is 0.518. The van der Waals surface area contributed by atoms with Gasteiger partial charge in [0.15, 0.2) is 0 Å². The summed E-state index contributed by atoms with van der Waals surface area (Å²) in [7, 11) is -3.36. The van der Waals surface area contributed by atoms with Crippen LogP contribution >= 0.6 is 0 Å². The van der Waals surface area contributed by atoms with Crippen molar-refractivity contribution in [3.05, 3.63) is 35.5 Å². The Balaban J connectivity index is 1.56. The summed E-state index contributed by atoms with van der Waals surface area (Å²) >= 11 is 0. The molecule has 2 heterocycles. The first kappa shape index (κ1) is 26.9. The van der Waals surface area contributed by atoms with E-state index in [1.807, 2.05) is 18.2 Å². The molecule has 1 saturated carbocycles. The normalized spacial score (nSPS) is 22.3. The van der Waals surface area contributed by atoms with Crippen LogP contribution in [0.25, 0.3) is 10.9 Å². The van der Waals surface area contributed by atoms with Gasteiger partial charge in [0.25, 0.3) is 0 Å². The van der Waals surface area contributed by atoms with Crippen molar-refractivity contribution in [2.75, 3.05) is 26.0 Å². The fraction of sp³-hybridized carbons (Fsp3) is 0.667. The molecule has 4 rings (SSSR count). The number of nitrogens with one attached hydrogen (secondary N) is 1. The molecule has 8 nitrogen and oxygen atoms in total. The van der Waals surface area contributed by atoms with Crippen LogP contribution in [0.2, 0.25) is 0 Å². The monoisotopic (exact) mass is 518 g/mol. The highest BCUT2D eigenvalue weighted by molar-refractivity contribution is 7.88. The fourth-order valence-electron chi connectivity index (χ4n) is 6.36. The summed E-state index contributed by atoms with van der Waals surface area (Å²) < 4.78 is 33.9. The first-order valence-electron chi connectivity index (χ1n) is 13.4. The number of aromatic nitrogens is 1. The highest BCUT2D eigenvalue weighted by Gasteiger charge is 2.32. The molecule has 2 aliphatic rings. The van der Waals surface area contributed by atoms with Crippen molar-refractivity contribution in [3.8, 4) is 0 Å². The highest BCUT2D eigenvalue weighted by atomic mass is 32.2. The van der Waals surface area contributed by atoms with E-state index in [-0.39, 0.29) is 13.2 Å². The third-order valence-electron chi connectivity index (χ3n) is 8.29. The van der Waals surface area contributed by atoms with E-state index in [2.05, 4.69) is 34.1 Å². The SMILES string of the molecule is CC(C)C1CCC(N2CCC(n3c(CCOC(N)=O)c(CNS(C)(=O)=O)c4ccccc43)CC2)CC1. The van der Waals surface area contributed by atoms with E-state index in [0.29, 0.717) is 18.5 Å². The number of hydrogen-bond acceptors (Lipinski definition) is 5. The van der Waals surface area contributed by atoms with Gasteiger partial charge < -0.3 is 19.9 Å². The molecule has 0 spiro atoms. The molecule has 200 valence electrons. The van der Waals surface area contributed by atoms with Gasteiger partial charge in [-0.2, -0.15) is 0 Å². The molecule has 36 heavy (non-hydrogen) atoms. The number of ether oxygens (including phenoxy) is 1. The van der Waals surface area contributed by atoms with E-state index in [1.54, 1.807) is 0 Å². The van der Waals surface area contributed by atoms with Crippen LogP contribution in [0, 0.1) is 11.8 Å². The van der Waals surface area contributed by atoms with Gasteiger partial charge in [-0.3, -0.25) is 0 Å². The number of hydrogen-bond donors (Lipinski definition) is 2.